The number of nitrogens with zero attached hydrogens (tertiary/aromatic N) is 3. The molecule has 0 bridgehead atoms. The number of carbonyl (C=O) groups is 3. The molecule has 1 N–H and O–H groups in total. The molecule has 1 fully saturated rings. The number of carbonyl (C=O) groups excluding carboxylic acids is 3. The van der Waals surface area contributed by atoms with Crippen molar-refractivity contribution in [1.29, 1.82) is 0 Å². The topological polar surface area (TPSA) is 110 Å². The van der Waals surface area contributed by atoms with Crippen molar-refractivity contribution in [3.8, 4) is 17.2 Å². The van der Waals surface area contributed by atoms with Crippen molar-refractivity contribution >= 4 is 17.9 Å². The Bertz CT molecular complexity index is 1130. The fraction of sp³-hybridized carbons (Fsp3) is 0.464. The maximum Gasteiger partial charge on any atom is 0.325 e. The van der Waals surface area contributed by atoms with Gasteiger partial charge in [0.2, 0.25) is 5.75 Å². The Balaban J connectivity index is 1.67. The Hall–Kier alpha value is -4.06. The molecule has 40 heavy (non-hydrogen) atoms. The van der Waals surface area contributed by atoms with Crippen LogP contribution in [0.5, 0.6) is 17.2 Å². The largest absolute Gasteiger partial charge is 0.493 e. The Morgan fingerprint density at radius 2 is 1.57 bits per heavy atom. The minimum absolute atomic E-state index is 0.172. The Kier molecular flexibility index (Phi) is 11.4. The zero-order chi connectivity index (χ0) is 29.1. The van der Waals surface area contributed by atoms with Gasteiger partial charge < -0.3 is 34.1 Å². The highest BCUT2D eigenvalue weighted by molar-refractivity contribution is 5.95. The highest BCUT2D eigenvalue weighted by Gasteiger charge is 2.25. The third-order valence-corrected chi connectivity index (χ3v) is 6.52. The van der Waals surface area contributed by atoms with Crippen molar-refractivity contribution in [2.24, 2.45) is 0 Å². The van der Waals surface area contributed by atoms with Gasteiger partial charge >= 0.3 is 12.0 Å². The Morgan fingerprint density at radius 1 is 0.950 bits per heavy atom. The van der Waals surface area contributed by atoms with Gasteiger partial charge in [-0.15, -0.1) is 0 Å². The summed E-state index contributed by atoms with van der Waals surface area (Å²) in [4.78, 5) is 43.1. The first-order valence-electron chi connectivity index (χ1n) is 13.0. The van der Waals surface area contributed by atoms with Crippen LogP contribution in [0.2, 0.25) is 0 Å². The van der Waals surface area contributed by atoms with Crippen LogP contribution in [0.15, 0.2) is 36.4 Å². The number of rotatable bonds is 12. The molecule has 0 radical (unpaired) electrons. The van der Waals surface area contributed by atoms with Crippen LogP contribution in [0.1, 0.15) is 22.8 Å². The number of benzene rings is 2. The minimum Gasteiger partial charge on any atom is -0.493 e. The van der Waals surface area contributed by atoms with Gasteiger partial charge in [-0.3, -0.25) is 14.5 Å². The van der Waals surface area contributed by atoms with Crippen molar-refractivity contribution in [2.75, 3.05) is 73.7 Å². The van der Waals surface area contributed by atoms with Gasteiger partial charge in [-0.2, -0.15) is 0 Å². The molecule has 3 amide bonds. The van der Waals surface area contributed by atoms with Gasteiger partial charge in [0.15, 0.2) is 11.5 Å². The minimum atomic E-state index is -0.479. The van der Waals surface area contributed by atoms with E-state index in [2.05, 4.69) is 10.2 Å². The van der Waals surface area contributed by atoms with Gasteiger partial charge in [0.05, 0.1) is 27.9 Å². The molecule has 0 unspecified atom stereocenters. The summed E-state index contributed by atoms with van der Waals surface area (Å²) in [5, 5.41) is 2.58. The second kappa shape index (κ2) is 14.9. The van der Waals surface area contributed by atoms with Crippen molar-refractivity contribution in [3.63, 3.8) is 0 Å². The lowest BCUT2D eigenvalue weighted by Gasteiger charge is -2.35. The third-order valence-electron chi connectivity index (χ3n) is 6.52. The molecule has 12 heteroatoms. The summed E-state index contributed by atoms with van der Waals surface area (Å²) in [6, 6.07) is 8.93. The summed E-state index contributed by atoms with van der Waals surface area (Å²) >= 11 is 0. The number of esters is 1. The van der Waals surface area contributed by atoms with Crippen LogP contribution in [0.25, 0.3) is 0 Å². The number of amides is 3. The summed E-state index contributed by atoms with van der Waals surface area (Å²) in [5.74, 6) is 0.0350. The molecule has 11 nitrogen and oxygen atoms in total. The van der Waals surface area contributed by atoms with Crippen molar-refractivity contribution in [3.05, 3.63) is 53.3 Å². The number of hydrogen-bond acceptors (Lipinski definition) is 8. The molecule has 0 saturated carbocycles. The number of nitrogens with one attached hydrogen (secondary N) is 1. The average Bonchev–Trinajstić information content (AvgIpc) is 2.98. The van der Waals surface area contributed by atoms with E-state index in [1.165, 1.54) is 33.5 Å². The second-order valence-electron chi connectivity index (χ2n) is 9.06. The van der Waals surface area contributed by atoms with E-state index in [4.69, 9.17) is 18.9 Å². The summed E-state index contributed by atoms with van der Waals surface area (Å²) in [7, 11) is 4.46. The zero-order valence-electron chi connectivity index (χ0n) is 23.4. The SMILES string of the molecule is CCOC(=O)CNC(=O)N1CCN(CCN(Cc2ccc(F)cc2)C(=O)c2cc(OC)c(OC)c(OC)c2)CC1. The van der Waals surface area contributed by atoms with Crippen LogP contribution < -0.4 is 19.5 Å². The molecule has 0 aliphatic carbocycles. The quantitative estimate of drug-likeness (QED) is 0.394. The normalized spacial score (nSPS) is 13.4. The van der Waals surface area contributed by atoms with Crippen LogP contribution in [-0.4, -0.2) is 106 Å². The van der Waals surface area contributed by atoms with E-state index < -0.39 is 5.97 Å². The lowest BCUT2D eigenvalue weighted by molar-refractivity contribution is -0.141. The second-order valence-corrected chi connectivity index (χ2v) is 9.06. The molecule has 0 aromatic heterocycles. The van der Waals surface area contributed by atoms with Gasteiger partial charge in [-0.1, -0.05) is 12.1 Å². The standard InChI is InChI=1S/C28H37FN4O7/c1-5-40-25(34)18-30-28(36)32-13-10-31(11-14-32)12-15-33(19-20-6-8-22(29)9-7-20)27(35)21-16-23(37-2)26(39-4)24(17-21)38-3/h6-9,16-17H,5,10-15,18-19H2,1-4H3,(H,30,36). The van der Waals surface area contributed by atoms with Gasteiger partial charge in [0, 0.05) is 51.4 Å². The lowest BCUT2D eigenvalue weighted by Crippen LogP contribution is -2.53. The number of urea groups is 1. The van der Waals surface area contributed by atoms with E-state index in [1.807, 2.05) is 0 Å². The fourth-order valence-electron chi connectivity index (χ4n) is 4.36. The van der Waals surface area contributed by atoms with E-state index in [0.29, 0.717) is 62.1 Å². The maximum absolute atomic E-state index is 13.7. The van der Waals surface area contributed by atoms with Gasteiger partial charge in [0.25, 0.3) is 5.91 Å². The molecule has 0 spiro atoms. The summed E-state index contributed by atoms with van der Waals surface area (Å²) in [5.41, 5.74) is 1.14. The highest BCUT2D eigenvalue weighted by Crippen LogP contribution is 2.38. The van der Waals surface area contributed by atoms with Gasteiger partial charge in [0.1, 0.15) is 12.4 Å². The molecule has 1 aliphatic heterocycles. The van der Waals surface area contributed by atoms with Crippen LogP contribution >= 0.6 is 0 Å². The van der Waals surface area contributed by atoms with Gasteiger partial charge in [-0.05, 0) is 36.8 Å². The van der Waals surface area contributed by atoms with Crippen molar-refractivity contribution in [1.82, 2.24) is 20.0 Å². The van der Waals surface area contributed by atoms with Crippen LogP contribution in [0.3, 0.4) is 0 Å². The summed E-state index contributed by atoms with van der Waals surface area (Å²) in [6.07, 6.45) is 0. The third kappa shape index (κ3) is 8.22. The van der Waals surface area contributed by atoms with Crippen molar-refractivity contribution < 1.29 is 37.7 Å². The molecule has 2 aromatic carbocycles. The predicted molar refractivity (Wildman–Crippen MR) is 145 cm³/mol. The molecule has 2 aromatic rings. The molecule has 0 atom stereocenters. The van der Waals surface area contributed by atoms with E-state index in [0.717, 1.165) is 5.56 Å². The molecule has 3 rings (SSSR count). The van der Waals surface area contributed by atoms with E-state index >= 15 is 0 Å². The number of methoxy groups -OCH3 is 3. The smallest absolute Gasteiger partial charge is 0.325 e. The predicted octanol–water partition coefficient (Wildman–Crippen LogP) is 2.38. The van der Waals surface area contributed by atoms with Crippen LogP contribution in [0, 0.1) is 5.82 Å². The number of halogens is 1. The molecule has 218 valence electrons. The number of piperazine rings is 1. The Labute approximate surface area is 233 Å². The average molecular weight is 561 g/mol. The summed E-state index contributed by atoms with van der Waals surface area (Å²) < 4.78 is 34.6. The van der Waals surface area contributed by atoms with E-state index in [9.17, 15) is 18.8 Å². The summed E-state index contributed by atoms with van der Waals surface area (Å²) in [6.45, 7) is 5.19. The van der Waals surface area contributed by atoms with E-state index in [-0.39, 0.29) is 37.5 Å². The number of ether oxygens (including phenoxy) is 4. The molecular weight excluding hydrogens is 523 g/mol. The van der Waals surface area contributed by atoms with Gasteiger partial charge in [-0.25, -0.2) is 9.18 Å². The Morgan fingerprint density at radius 3 is 2.12 bits per heavy atom. The maximum atomic E-state index is 13.7. The van der Waals surface area contributed by atoms with E-state index in [1.54, 1.807) is 41.0 Å². The lowest BCUT2D eigenvalue weighted by atomic mass is 10.1. The first-order chi connectivity index (χ1) is 19.3. The zero-order valence-corrected chi connectivity index (χ0v) is 23.4. The van der Waals surface area contributed by atoms with Crippen LogP contribution in [-0.2, 0) is 16.1 Å². The fourth-order valence-corrected chi connectivity index (χ4v) is 4.36. The first kappa shape index (κ1) is 30.5. The van der Waals surface area contributed by atoms with Crippen LogP contribution in [0.4, 0.5) is 9.18 Å². The number of hydrogen-bond donors (Lipinski definition) is 1. The monoisotopic (exact) mass is 560 g/mol. The molecule has 1 heterocycles. The molecular formula is C28H37FN4O7. The first-order valence-corrected chi connectivity index (χ1v) is 13.0. The molecule has 1 saturated heterocycles. The highest BCUT2D eigenvalue weighted by atomic mass is 19.1. The molecule has 1 aliphatic rings. The van der Waals surface area contributed by atoms with Crippen molar-refractivity contribution in [2.45, 2.75) is 13.5 Å².